The van der Waals surface area contributed by atoms with E-state index in [0.29, 0.717) is 19.4 Å². The highest BCUT2D eigenvalue weighted by Gasteiger charge is 2.33. The molecule has 1 saturated heterocycles. The average Bonchev–Trinajstić information content (AvgIpc) is 3.14. The van der Waals surface area contributed by atoms with Crippen LogP contribution in [-0.2, 0) is 12.6 Å². The number of carbonyl (C=O) groups is 1. The maximum Gasteiger partial charge on any atom is 0.416 e. The number of halogens is 4. The van der Waals surface area contributed by atoms with Crippen LogP contribution in [0.15, 0.2) is 42.5 Å². The maximum atomic E-state index is 13.5. The Labute approximate surface area is 169 Å². The van der Waals surface area contributed by atoms with Crippen molar-refractivity contribution in [1.29, 1.82) is 0 Å². The van der Waals surface area contributed by atoms with Crippen LogP contribution in [0.3, 0.4) is 0 Å². The van der Waals surface area contributed by atoms with E-state index in [1.165, 1.54) is 12.1 Å². The summed E-state index contributed by atoms with van der Waals surface area (Å²) in [6, 6.07) is 8.67. The number of nitrogens with zero attached hydrogens (tertiary/aromatic N) is 3. The molecule has 1 atom stereocenters. The van der Waals surface area contributed by atoms with Crippen molar-refractivity contribution in [2.75, 3.05) is 6.54 Å². The van der Waals surface area contributed by atoms with Crippen molar-refractivity contribution in [2.45, 2.75) is 31.5 Å². The van der Waals surface area contributed by atoms with Crippen molar-refractivity contribution in [3.63, 3.8) is 0 Å². The molecule has 1 aliphatic rings. The second-order valence-electron chi connectivity index (χ2n) is 7.23. The third-order valence-corrected chi connectivity index (χ3v) is 5.17. The van der Waals surface area contributed by atoms with Crippen LogP contribution < -0.4 is 0 Å². The lowest BCUT2D eigenvalue weighted by Gasteiger charge is -2.24. The second-order valence-corrected chi connectivity index (χ2v) is 7.23. The number of hydrogen-bond acceptors (Lipinski definition) is 4. The van der Waals surface area contributed by atoms with Crippen LogP contribution in [0.1, 0.15) is 34.5 Å². The molecular weight excluding hydrogens is 402 g/mol. The van der Waals surface area contributed by atoms with E-state index in [1.807, 2.05) is 0 Å². The SMILES string of the molecule is O=C(c1nc2ccc(C(F)(F)F)cc2nc1O)N1CCCC1Cc1cccc(F)c1. The largest absolute Gasteiger partial charge is 0.492 e. The molecular formula is C21H17F4N3O2. The van der Waals surface area contributed by atoms with Gasteiger partial charge in [-0.3, -0.25) is 4.79 Å². The van der Waals surface area contributed by atoms with Gasteiger partial charge in [-0.25, -0.2) is 14.4 Å². The number of fused-ring (bicyclic) bond motifs is 1. The van der Waals surface area contributed by atoms with Gasteiger partial charge in [0.1, 0.15) is 5.82 Å². The van der Waals surface area contributed by atoms with Gasteiger partial charge in [-0.05, 0) is 55.2 Å². The Kier molecular flexibility index (Phi) is 5.05. The second kappa shape index (κ2) is 7.55. The van der Waals surface area contributed by atoms with Crippen molar-refractivity contribution in [1.82, 2.24) is 14.9 Å². The fraction of sp³-hybridized carbons (Fsp3) is 0.286. The summed E-state index contributed by atoms with van der Waals surface area (Å²) >= 11 is 0. The van der Waals surface area contributed by atoms with Gasteiger partial charge in [-0.2, -0.15) is 13.2 Å². The first-order valence-corrected chi connectivity index (χ1v) is 9.36. The summed E-state index contributed by atoms with van der Waals surface area (Å²) in [6.45, 7) is 0.436. The monoisotopic (exact) mass is 419 g/mol. The van der Waals surface area contributed by atoms with E-state index in [9.17, 15) is 27.5 Å². The van der Waals surface area contributed by atoms with Crippen molar-refractivity contribution < 1.29 is 27.5 Å². The van der Waals surface area contributed by atoms with Gasteiger partial charge in [-0.1, -0.05) is 12.1 Å². The molecule has 1 fully saturated rings. The molecule has 0 saturated carbocycles. The van der Waals surface area contributed by atoms with Crippen LogP contribution >= 0.6 is 0 Å². The summed E-state index contributed by atoms with van der Waals surface area (Å²) in [7, 11) is 0. The fourth-order valence-electron chi connectivity index (χ4n) is 3.75. The fourth-order valence-corrected chi connectivity index (χ4v) is 3.75. The molecule has 1 amide bonds. The van der Waals surface area contributed by atoms with Crippen LogP contribution in [0.25, 0.3) is 11.0 Å². The number of aromatic hydroxyl groups is 1. The van der Waals surface area contributed by atoms with Gasteiger partial charge in [-0.15, -0.1) is 0 Å². The molecule has 0 radical (unpaired) electrons. The van der Waals surface area contributed by atoms with E-state index in [2.05, 4.69) is 9.97 Å². The van der Waals surface area contributed by atoms with Crippen LogP contribution in [0, 0.1) is 5.82 Å². The van der Waals surface area contributed by atoms with Crippen LogP contribution in [0.2, 0.25) is 0 Å². The van der Waals surface area contributed by atoms with Crippen molar-refractivity contribution in [3.05, 3.63) is 65.1 Å². The lowest BCUT2D eigenvalue weighted by molar-refractivity contribution is -0.137. The Hall–Kier alpha value is -3.23. The zero-order valence-electron chi connectivity index (χ0n) is 15.7. The zero-order chi connectivity index (χ0) is 21.5. The number of amides is 1. The maximum absolute atomic E-state index is 13.5. The highest BCUT2D eigenvalue weighted by molar-refractivity contribution is 5.96. The predicted octanol–water partition coefficient (Wildman–Crippen LogP) is 4.34. The summed E-state index contributed by atoms with van der Waals surface area (Å²) in [6.07, 6.45) is -2.67. The van der Waals surface area contributed by atoms with Gasteiger partial charge in [0.2, 0.25) is 5.88 Å². The molecule has 9 heteroatoms. The first-order chi connectivity index (χ1) is 14.2. The van der Waals surface area contributed by atoms with E-state index in [0.717, 1.165) is 30.2 Å². The molecule has 1 aliphatic heterocycles. The first kappa shape index (κ1) is 20.1. The number of rotatable bonds is 3. The predicted molar refractivity (Wildman–Crippen MR) is 100 cm³/mol. The average molecular weight is 419 g/mol. The molecule has 1 aromatic heterocycles. The lowest BCUT2D eigenvalue weighted by Crippen LogP contribution is -2.37. The van der Waals surface area contributed by atoms with Gasteiger partial charge >= 0.3 is 6.18 Å². The summed E-state index contributed by atoms with van der Waals surface area (Å²) in [5.41, 5.74) is -0.569. The number of hydrogen-bond donors (Lipinski definition) is 1. The van der Waals surface area contributed by atoms with Crippen molar-refractivity contribution in [2.24, 2.45) is 0 Å². The molecule has 1 unspecified atom stereocenters. The summed E-state index contributed by atoms with van der Waals surface area (Å²) in [5, 5.41) is 10.2. The van der Waals surface area contributed by atoms with E-state index in [4.69, 9.17) is 0 Å². The van der Waals surface area contributed by atoms with Crippen LogP contribution in [-0.4, -0.2) is 38.5 Å². The zero-order valence-corrected chi connectivity index (χ0v) is 15.7. The molecule has 0 spiro atoms. The normalized spacial score (nSPS) is 16.9. The molecule has 2 aromatic carbocycles. The minimum atomic E-state index is -4.56. The topological polar surface area (TPSA) is 66.3 Å². The minimum absolute atomic E-state index is 0.0741. The molecule has 1 N–H and O–H groups in total. The van der Waals surface area contributed by atoms with Crippen LogP contribution in [0.4, 0.5) is 17.6 Å². The standard InChI is InChI=1S/C21H17F4N3O2/c22-14-4-1-3-12(9-14)10-15-5-2-8-28(15)20(30)18-19(29)27-17-11-13(21(23,24)25)6-7-16(17)26-18/h1,3-4,6-7,9,11,15H,2,5,8,10H2,(H,27,29). The van der Waals surface area contributed by atoms with E-state index >= 15 is 0 Å². The molecule has 0 aliphatic carbocycles. The van der Waals surface area contributed by atoms with Crippen molar-refractivity contribution >= 4 is 16.9 Å². The highest BCUT2D eigenvalue weighted by Crippen LogP contribution is 2.32. The number of aromatic nitrogens is 2. The molecule has 156 valence electrons. The van der Waals surface area contributed by atoms with Crippen LogP contribution in [0.5, 0.6) is 5.88 Å². The number of carbonyl (C=O) groups excluding carboxylic acids is 1. The Balaban J connectivity index is 1.62. The highest BCUT2D eigenvalue weighted by atomic mass is 19.4. The molecule has 0 bridgehead atoms. The first-order valence-electron chi connectivity index (χ1n) is 9.36. The number of likely N-dealkylation sites (tertiary alicyclic amines) is 1. The molecule has 3 aromatic rings. The smallest absolute Gasteiger partial charge is 0.416 e. The Morgan fingerprint density at radius 2 is 1.93 bits per heavy atom. The molecule has 30 heavy (non-hydrogen) atoms. The number of benzene rings is 2. The van der Waals surface area contributed by atoms with Gasteiger partial charge < -0.3 is 10.0 Å². The Morgan fingerprint density at radius 3 is 2.67 bits per heavy atom. The quantitative estimate of drug-likeness (QED) is 0.642. The number of alkyl halides is 3. The van der Waals surface area contributed by atoms with E-state index < -0.39 is 23.5 Å². The lowest BCUT2D eigenvalue weighted by atomic mass is 10.0. The molecule has 4 rings (SSSR count). The summed E-state index contributed by atoms with van der Waals surface area (Å²) < 4.78 is 52.1. The van der Waals surface area contributed by atoms with Gasteiger partial charge in [0.05, 0.1) is 16.6 Å². The van der Waals surface area contributed by atoms with E-state index in [1.54, 1.807) is 17.0 Å². The Morgan fingerprint density at radius 1 is 1.13 bits per heavy atom. The van der Waals surface area contributed by atoms with Gasteiger partial charge in [0.25, 0.3) is 5.91 Å². The van der Waals surface area contributed by atoms with Gasteiger partial charge in [0, 0.05) is 12.6 Å². The van der Waals surface area contributed by atoms with Crippen molar-refractivity contribution in [3.8, 4) is 5.88 Å². The van der Waals surface area contributed by atoms with Gasteiger partial charge in [0.15, 0.2) is 5.69 Å². The van der Waals surface area contributed by atoms with E-state index in [-0.39, 0.29) is 28.6 Å². The molecule has 2 heterocycles. The summed E-state index contributed by atoms with van der Waals surface area (Å²) in [4.78, 5) is 22.4. The Bertz CT molecular complexity index is 1120. The third-order valence-electron chi connectivity index (χ3n) is 5.17. The molecule has 5 nitrogen and oxygen atoms in total. The summed E-state index contributed by atoms with van der Waals surface area (Å²) in [5.74, 6) is -1.64. The third kappa shape index (κ3) is 3.92. The minimum Gasteiger partial charge on any atom is -0.492 e.